The van der Waals surface area contributed by atoms with E-state index in [1.807, 2.05) is 72.8 Å². The van der Waals surface area contributed by atoms with Gasteiger partial charge < -0.3 is 15.0 Å². The van der Waals surface area contributed by atoms with E-state index in [0.29, 0.717) is 30.1 Å². The number of aromatic hydroxyl groups is 1. The molecule has 0 bridgehead atoms. The van der Waals surface area contributed by atoms with E-state index in [1.54, 1.807) is 0 Å². The summed E-state index contributed by atoms with van der Waals surface area (Å²) in [7, 11) is 0. The van der Waals surface area contributed by atoms with Gasteiger partial charge in [-0.05, 0) is 67.7 Å². The molecule has 0 saturated carbocycles. The lowest BCUT2D eigenvalue weighted by molar-refractivity contribution is 0.0933. The third kappa shape index (κ3) is 5.26. The first kappa shape index (κ1) is 26.6. The number of ketones is 1. The van der Waals surface area contributed by atoms with Gasteiger partial charge in [-0.15, -0.1) is 0 Å². The largest absolute Gasteiger partial charge is 0.493 e. The lowest BCUT2D eigenvalue weighted by atomic mass is 9.73. The fourth-order valence-electron chi connectivity index (χ4n) is 6.62. The summed E-state index contributed by atoms with van der Waals surface area (Å²) in [5, 5.41) is 11.7. The number of hydrogen-bond acceptors (Lipinski definition) is 4. The number of imidazole rings is 1. The lowest BCUT2D eigenvalue weighted by Gasteiger charge is -2.40. The summed E-state index contributed by atoms with van der Waals surface area (Å²) in [5.74, 6) is 0.256. The van der Waals surface area contributed by atoms with Gasteiger partial charge in [-0.1, -0.05) is 78.3 Å². The second-order valence-electron chi connectivity index (χ2n) is 11.3. The predicted octanol–water partition coefficient (Wildman–Crippen LogP) is 5.92. The fourth-order valence-corrected chi connectivity index (χ4v) is 6.82. The Morgan fingerprint density at radius 1 is 0.950 bits per heavy atom. The number of halogens is 1. The van der Waals surface area contributed by atoms with E-state index in [0.717, 1.165) is 55.6 Å². The van der Waals surface area contributed by atoms with Gasteiger partial charge in [-0.25, -0.2) is 4.79 Å². The van der Waals surface area contributed by atoms with Crippen molar-refractivity contribution in [2.75, 3.05) is 19.6 Å². The van der Waals surface area contributed by atoms with Crippen LogP contribution in [0.2, 0.25) is 5.02 Å². The molecular formula is C33H34ClN3O3. The number of nitrogens with zero attached hydrogens (tertiary/aromatic N) is 2. The number of likely N-dealkylation sites (tertiary alicyclic amines) is 1. The SMILES string of the molecule is O=C1CC2(CCN(CCC(Cn3c(O)c(Cc4ccccc4)[nH]c3=O)c3cccc(Cl)c3)CC2)c2ccccc21. The van der Waals surface area contributed by atoms with Gasteiger partial charge in [0.25, 0.3) is 0 Å². The Morgan fingerprint density at radius 3 is 2.48 bits per heavy atom. The van der Waals surface area contributed by atoms with E-state index >= 15 is 0 Å². The predicted molar refractivity (Wildman–Crippen MR) is 158 cm³/mol. The minimum atomic E-state index is -0.306. The van der Waals surface area contributed by atoms with Crippen LogP contribution in [0.15, 0.2) is 83.7 Å². The maximum Gasteiger partial charge on any atom is 0.328 e. The van der Waals surface area contributed by atoms with E-state index in [1.165, 1.54) is 10.1 Å². The van der Waals surface area contributed by atoms with Gasteiger partial charge in [0.1, 0.15) is 0 Å². The molecule has 2 aliphatic rings. The van der Waals surface area contributed by atoms with Gasteiger partial charge >= 0.3 is 5.69 Å². The zero-order chi connectivity index (χ0) is 27.7. The van der Waals surface area contributed by atoms with E-state index in [4.69, 9.17) is 11.6 Å². The molecular weight excluding hydrogens is 522 g/mol. The molecule has 1 unspecified atom stereocenters. The van der Waals surface area contributed by atoms with E-state index in [2.05, 4.69) is 16.0 Å². The van der Waals surface area contributed by atoms with Gasteiger partial charge in [0.05, 0.1) is 5.69 Å². The number of piperidine rings is 1. The number of Topliss-reactive ketones (excluding diaryl/α,β-unsaturated/α-hetero) is 1. The maximum absolute atomic E-state index is 12.9. The molecule has 6 rings (SSSR count). The molecule has 6 nitrogen and oxygen atoms in total. The maximum atomic E-state index is 12.9. The molecule has 2 N–H and O–H groups in total. The van der Waals surface area contributed by atoms with Crippen molar-refractivity contribution < 1.29 is 9.90 Å². The summed E-state index contributed by atoms with van der Waals surface area (Å²) in [5.41, 5.74) is 4.38. The number of nitrogens with one attached hydrogen (secondary N) is 1. The van der Waals surface area contributed by atoms with Gasteiger partial charge in [0, 0.05) is 41.3 Å². The standard InChI is InChI=1S/C33H34ClN3O3/c34-26-10-6-9-24(20-26)25(22-37-31(39)29(35-32(37)40)19-23-7-2-1-3-8-23)13-16-36-17-14-33(15-18-36)21-30(38)27-11-4-5-12-28(27)33/h1-12,20,25,39H,13-19,21-22H2,(H,35,40). The minimum absolute atomic E-state index is 0.00709. The number of H-pyrrole nitrogens is 1. The normalized spacial score (nSPS) is 17.3. The van der Waals surface area contributed by atoms with Crippen LogP contribution >= 0.6 is 11.6 Å². The third-order valence-corrected chi connectivity index (χ3v) is 9.12. The van der Waals surface area contributed by atoms with Gasteiger partial charge in [-0.2, -0.15) is 0 Å². The number of benzene rings is 3. The zero-order valence-corrected chi connectivity index (χ0v) is 23.2. The Kier molecular flexibility index (Phi) is 7.39. The van der Waals surface area contributed by atoms with Crippen LogP contribution in [0, 0.1) is 0 Å². The minimum Gasteiger partial charge on any atom is -0.493 e. The molecule has 1 aromatic heterocycles. The number of hydrogen-bond donors (Lipinski definition) is 2. The summed E-state index contributed by atoms with van der Waals surface area (Å²) in [4.78, 5) is 31.0. The molecule has 206 valence electrons. The van der Waals surface area contributed by atoms with Crippen molar-refractivity contribution in [3.05, 3.63) is 122 Å². The molecule has 0 amide bonds. The molecule has 7 heteroatoms. The number of aromatic nitrogens is 2. The monoisotopic (exact) mass is 555 g/mol. The molecule has 2 heterocycles. The van der Waals surface area contributed by atoms with Crippen LogP contribution in [-0.2, 0) is 18.4 Å². The van der Waals surface area contributed by atoms with E-state index in [-0.39, 0.29) is 28.7 Å². The Balaban J connectivity index is 1.17. The highest BCUT2D eigenvalue weighted by atomic mass is 35.5. The fraction of sp³-hybridized carbons (Fsp3) is 0.333. The number of carbonyl (C=O) groups excluding carboxylic acids is 1. The molecule has 1 saturated heterocycles. The smallest absolute Gasteiger partial charge is 0.328 e. The number of carbonyl (C=O) groups is 1. The van der Waals surface area contributed by atoms with Gasteiger partial charge in [-0.3, -0.25) is 9.36 Å². The van der Waals surface area contributed by atoms with Crippen LogP contribution in [0.1, 0.15) is 64.3 Å². The Morgan fingerprint density at radius 2 is 1.70 bits per heavy atom. The molecule has 1 spiro atoms. The molecule has 1 aliphatic carbocycles. The van der Waals surface area contributed by atoms with Crippen molar-refractivity contribution in [2.45, 2.75) is 50.0 Å². The summed E-state index contributed by atoms with van der Waals surface area (Å²) in [6.45, 7) is 3.08. The van der Waals surface area contributed by atoms with Gasteiger partial charge in [0.2, 0.25) is 5.88 Å². The molecule has 3 aromatic carbocycles. The van der Waals surface area contributed by atoms with Crippen molar-refractivity contribution in [3.8, 4) is 5.88 Å². The van der Waals surface area contributed by atoms with Crippen molar-refractivity contribution in [1.82, 2.24) is 14.5 Å². The number of rotatable bonds is 8. The Labute approximate surface area is 239 Å². The van der Waals surface area contributed by atoms with Crippen LogP contribution < -0.4 is 5.69 Å². The van der Waals surface area contributed by atoms with Crippen LogP contribution in [0.3, 0.4) is 0 Å². The van der Waals surface area contributed by atoms with Crippen molar-refractivity contribution in [3.63, 3.8) is 0 Å². The summed E-state index contributed by atoms with van der Waals surface area (Å²) < 4.78 is 1.45. The second-order valence-corrected chi connectivity index (χ2v) is 11.7. The highest BCUT2D eigenvalue weighted by Gasteiger charge is 2.44. The topological polar surface area (TPSA) is 78.3 Å². The highest BCUT2D eigenvalue weighted by molar-refractivity contribution is 6.30. The first-order valence-electron chi connectivity index (χ1n) is 14.1. The van der Waals surface area contributed by atoms with E-state index in [9.17, 15) is 14.7 Å². The summed E-state index contributed by atoms with van der Waals surface area (Å²) in [6.07, 6.45) is 3.83. The van der Waals surface area contributed by atoms with Crippen molar-refractivity contribution in [1.29, 1.82) is 0 Å². The number of fused-ring (bicyclic) bond motifs is 2. The van der Waals surface area contributed by atoms with Crippen LogP contribution in [0.4, 0.5) is 0 Å². The van der Waals surface area contributed by atoms with Crippen molar-refractivity contribution >= 4 is 17.4 Å². The molecule has 0 radical (unpaired) electrons. The van der Waals surface area contributed by atoms with Gasteiger partial charge in [0.15, 0.2) is 5.78 Å². The van der Waals surface area contributed by atoms with Crippen LogP contribution in [0.25, 0.3) is 0 Å². The lowest BCUT2D eigenvalue weighted by Crippen LogP contribution is -2.42. The molecule has 40 heavy (non-hydrogen) atoms. The average molecular weight is 556 g/mol. The molecule has 1 aliphatic heterocycles. The average Bonchev–Trinajstić information content (AvgIpc) is 3.39. The summed E-state index contributed by atoms with van der Waals surface area (Å²) >= 11 is 6.36. The van der Waals surface area contributed by atoms with Crippen LogP contribution in [0.5, 0.6) is 5.88 Å². The Bertz CT molecular complexity index is 1570. The van der Waals surface area contributed by atoms with Crippen LogP contribution in [-0.4, -0.2) is 45.0 Å². The Hall–Kier alpha value is -3.61. The first-order chi connectivity index (χ1) is 19.4. The van der Waals surface area contributed by atoms with Crippen molar-refractivity contribution in [2.24, 2.45) is 0 Å². The van der Waals surface area contributed by atoms with E-state index < -0.39 is 0 Å². The first-order valence-corrected chi connectivity index (χ1v) is 14.4. The molecule has 1 fully saturated rings. The molecule has 1 atom stereocenters. The second kappa shape index (κ2) is 11.1. The summed E-state index contributed by atoms with van der Waals surface area (Å²) in [6, 6.07) is 25.7. The molecule has 4 aromatic rings. The third-order valence-electron chi connectivity index (χ3n) is 8.88. The quantitative estimate of drug-likeness (QED) is 0.283. The highest BCUT2D eigenvalue weighted by Crippen LogP contribution is 2.46. The zero-order valence-electron chi connectivity index (χ0n) is 22.5. The number of aromatic amines is 1.